The van der Waals surface area contributed by atoms with Crippen molar-refractivity contribution >= 4 is 29.7 Å². The van der Waals surface area contributed by atoms with E-state index in [-0.39, 0.29) is 18.1 Å². The number of amides is 2. The highest BCUT2D eigenvalue weighted by Gasteiger charge is 2.08. The normalized spacial score (nSPS) is 10.5. The third kappa shape index (κ3) is 6.67. The van der Waals surface area contributed by atoms with Gasteiger partial charge in [0, 0.05) is 18.2 Å². The van der Waals surface area contributed by atoms with Gasteiger partial charge in [0.2, 0.25) is 5.91 Å². The lowest BCUT2D eigenvalue weighted by Gasteiger charge is -2.11. The van der Waals surface area contributed by atoms with Crippen molar-refractivity contribution in [1.82, 2.24) is 5.43 Å². The number of ether oxygens (including phenoxy) is 2. The number of carbonyl (C=O) groups excluding carboxylic acids is 2. The Kier molecular flexibility index (Phi) is 7.96. The monoisotopic (exact) mass is 461 g/mol. The van der Waals surface area contributed by atoms with Gasteiger partial charge in [-0.15, -0.1) is 0 Å². The van der Waals surface area contributed by atoms with E-state index >= 15 is 0 Å². The summed E-state index contributed by atoms with van der Waals surface area (Å²) >= 11 is 0. The largest absolute Gasteiger partial charge is 0.493 e. The first-order valence-corrected chi connectivity index (χ1v) is 10.2. The smallest absolute Gasteiger partial charge is 0.335 e. The highest BCUT2D eigenvalue weighted by atomic mass is 16.5. The number of hydrogen-bond acceptors (Lipinski definition) is 6. The number of carbonyl (C=O) groups is 3. The first-order valence-electron chi connectivity index (χ1n) is 10.2. The molecule has 3 aromatic rings. The summed E-state index contributed by atoms with van der Waals surface area (Å²) in [6.45, 7) is 1.57. The van der Waals surface area contributed by atoms with E-state index in [1.807, 2.05) is 0 Å². The van der Waals surface area contributed by atoms with Gasteiger partial charge in [0.1, 0.15) is 6.61 Å². The van der Waals surface area contributed by atoms with Crippen molar-refractivity contribution in [3.63, 3.8) is 0 Å². The second-order valence-corrected chi connectivity index (χ2v) is 7.16. The van der Waals surface area contributed by atoms with Gasteiger partial charge in [-0.2, -0.15) is 5.10 Å². The quantitative estimate of drug-likeness (QED) is 0.330. The zero-order valence-corrected chi connectivity index (χ0v) is 18.6. The number of rotatable bonds is 9. The standard InChI is InChI=1S/C25H23N3O6/c1-16(29)27-21-9-7-19(8-10-21)24(30)28-26-14-17-6-11-22(23(13-17)33-2)34-15-18-4-3-5-20(12-18)25(31)32/h3-14H,15H2,1-2H3,(H,27,29)(H,28,30)(H,31,32). The lowest BCUT2D eigenvalue weighted by atomic mass is 10.1. The molecule has 0 atom stereocenters. The molecule has 0 heterocycles. The predicted molar refractivity (Wildman–Crippen MR) is 127 cm³/mol. The fourth-order valence-corrected chi connectivity index (χ4v) is 2.98. The van der Waals surface area contributed by atoms with Crippen LogP contribution in [0.2, 0.25) is 0 Å². The van der Waals surface area contributed by atoms with Gasteiger partial charge < -0.3 is 19.9 Å². The fourth-order valence-electron chi connectivity index (χ4n) is 2.98. The molecule has 9 heteroatoms. The summed E-state index contributed by atoms with van der Waals surface area (Å²) < 4.78 is 11.2. The third-order valence-electron chi connectivity index (χ3n) is 4.60. The Hall–Kier alpha value is -4.66. The summed E-state index contributed by atoms with van der Waals surface area (Å²) in [6, 6.07) is 18.0. The molecule has 0 radical (unpaired) electrons. The van der Waals surface area contributed by atoms with Gasteiger partial charge in [-0.3, -0.25) is 9.59 Å². The lowest BCUT2D eigenvalue weighted by molar-refractivity contribution is -0.114. The topological polar surface area (TPSA) is 126 Å². The van der Waals surface area contributed by atoms with E-state index in [9.17, 15) is 14.4 Å². The minimum atomic E-state index is -1.00. The molecule has 0 aliphatic rings. The molecule has 3 aromatic carbocycles. The van der Waals surface area contributed by atoms with E-state index in [2.05, 4.69) is 15.8 Å². The van der Waals surface area contributed by atoms with Gasteiger partial charge in [0.15, 0.2) is 11.5 Å². The summed E-state index contributed by atoms with van der Waals surface area (Å²) in [5.41, 5.74) is 4.99. The Bertz CT molecular complexity index is 1220. The number of hydrogen-bond donors (Lipinski definition) is 3. The van der Waals surface area contributed by atoms with Crippen molar-refractivity contribution in [2.45, 2.75) is 13.5 Å². The summed E-state index contributed by atoms with van der Waals surface area (Å²) in [5.74, 6) is -0.666. The zero-order chi connectivity index (χ0) is 24.5. The van der Waals surface area contributed by atoms with Crippen LogP contribution >= 0.6 is 0 Å². The minimum absolute atomic E-state index is 0.168. The molecule has 0 aromatic heterocycles. The first-order chi connectivity index (χ1) is 16.4. The van der Waals surface area contributed by atoms with Crippen LogP contribution in [0.3, 0.4) is 0 Å². The molecule has 0 spiro atoms. The molecule has 3 N–H and O–H groups in total. The van der Waals surface area contributed by atoms with Gasteiger partial charge in [0.25, 0.3) is 5.91 Å². The van der Waals surface area contributed by atoms with Crippen LogP contribution in [0.4, 0.5) is 5.69 Å². The molecule has 2 amide bonds. The van der Waals surface area contributed by atoms with Crippen molar-refractivity contribution in [3.8, 4) is 11.5 Å². The maximum Gasteiger partial charge on any atom is 0.335 e. The molecular weight excluding hydrogens is 438 g/mol. The summed E-state index contributed by atoms with van der Waals surface area (Å²) in [5, 5.41) is 15.7. The number of nitrogens with one attached hydrogen (secondary N) is 2. The molecule has 0 fully saturated rings. The summed E-state index contributed by atoms with van der Waals surface area (Å²) in [4.78, 5) is 34.4. The van der Waals surface area contributed by atoms with Crippen LogP contribution in [0.1, 0.15) is 38.8 Å². The molecule has 0 saturated carbocycles. The van der Waals surface area contributed by atoms with E-state index in [1.54, 1.807) is 60.7 Å². The van der Waals surface area contributed by atoms with Crippen LogP contribution in [0.5, 0.6) is 11.5 Å². The maximum atomic E-state index is 12.2. The van der Waals surface area contributed by atoms with Crippen molar-refractivity contribution in [1.29, 1.82) is 0 Å². The molecule has 9 nitrogen and oxygen atoms in total. The molecule has 0 aliphatic carbocycles. The van der Waals surface area contributed by atoms with Crippen molar-refractivity contribution in [2.24, 2.45) is 5.10 Å². The van der Waals surface area contributed by atoms with Crippen molar-refractivity contribution < 1.29 is 29.0 Å². The van der Waals surface area contributed by atoms with E-state index in [0.29, 0.717) is 33.9 Å². The van der Waals surface area contributed by atoms with Crippen molar-refractivity contribution in [3.05, 3.63) is 89.0 Å². The number of nitrogens with zero attached hydrogens (tertiary/aromatic N) is 1. The van der Waals surface area contributed by atoms with Gasteiger partial charge >= 0.3 is 5.97 Å². The highest BCUT2D eigenvalue weighted by molar-refractivity contribution is 5.96. The molecular formula is C25H23N3O6. The van der Waals surface area contributed by atoms with Crippen LogP contribution in [-0.2, 0) is 11.4 Å². The first kappa shape index (κ1) is 24.0. The van der Waals surface area contributed by atoms with Crippen LogP contribution in [0.15, 0.2) is 71.8 Å². The van der Waals surface area contributed by atoms with Crippen LogP contribution in [0, 0.1) is 0 Å². The Morgan fingerprint density at radius 2 is 1.74 bits per heavy atom. The van der Waals surface area contributed by atoms with E-state index in [1.165, 1.54) is 26.3 Å². The summed E-state index contributed by atoms with van der Waals surface area (Å²) in [6.07, 6.45) is 1.46. The molecule has 0 unspecified atom stereocenters. The SMILES string of the molecule is COc1cc(C=NNC(=O)c2ccc(NC(C)=O)cc2)ccc1OCc1cccc(C(=O)O)c1. The van der Waals surface area contributed by atoms with Crippen molar-refractivity contribution in [2.75, 3.05) is 12.4 Å². The number of anilines is 1. The third-order valence-corrected chi connectivity index (χ3v) is 4.60. The molecule has 0 saturated heterocycles. The van der Waals surface area contributed by atoms with Crippen LogP contribution in [0.25, 0.3) is 0 Å². The number of carboxylic acids is 1. The van der Waals surface area contributed by atoms with Crippen LogP contribution < -0.4 is 20.2 Å². The van der Waals surface area contributed by atoms with Crippen LogP contribution in [-0.4, -0.2) is 36.2 Å². The van der Waals surface area contributed by atoms with E-state index in [0.717, 1.165) is 0 Å². The van der Waals surface area contributed by atoms with E-state index in [4.69, 9.17) is 14.6 Å². The zero-order valence-electron chi connectivity index (χ0n) is 18.6. The summed E-state index contributed by atoms with van der Waals surface area (Å²) in [7, 11) is 1.50. The van der Waals surface area contributed by atoms with Gasteiger partial charge in [-0.1, -0.05) is 12.1 Å². The Labute approximate surface area is 196 Å². The molecule has 3 rings (SSSR count). The number of hydrazone groups is 1. The van der Waals surface area contributed by atoms with E-state index < -0.39 is 11.9 Å². The number of carboxylic acid groups (broad SMARTS) is 1. The maximum absolute atomic E-state index is 12.2. The predicted octanol–water partition coefficient (Wildman–Crippen LogP) is 3.69. The lowest BCUT2D eigenvalue weighted by Crippen LogP contribution is -2.17. The number of benzene rings is 3. The van der Waals surface area contributed by atoms with Gasteiger partial charge in [-0.25, -0.2) is 10.2 Å². The average molecular weight is 461 g/mol. The second kappa shape index (κ2) is 11.3. The fraction of sp³-hybridized carbons (Fsp3) is 0.120. The Morgan fingerprint density at radius 1 is 0.971 bits per heavy atom. The molecule has 34 heavy (non-hydrogen) atoms. The Morgan fingerprint density at radius 3 is 2.41 bits per heavy atom. The minimum Gasteiger partial charge on any atom is -0.493 e. The molecule has 0 aliphatic heterocycles. The number of aromatic carboxylic acids is 1. The van der Waals surface area contributed by atoms with Gasteiger partial charge in [-0.05, 0) is 65.7 Å². The second-order valence-electron chi connectivity index (χ2n) is 7.16. The number of methoxy groups -OCH3 is 1. The molecule has 174 valence electrons. The Balaban J connectivity index is 1.60. The average Bonchev–Trinajstić information content (AvgIpc) is 2.83. The highest BCUT2D eigenvalue weighted by Crippen LogP contribution is 2.28. The van der Waals surface area contributed by atoms with Gasteiger partial charge in [0.05, 0.1) is 18.9 Å². The molecule has 0 bridgehead atoms.